The topological polar surface area (TPSA) is 99.7 Å². The van der Waals surface area contributed by atoms with Crippen molar-refractivity contribution in [3.8, 4) is 5.75 Å². The van der Waals surface area contributed by atoms with Gasteiger partial charge in [-0.2, -0.15) is 13.1 Å². The lowest BCUT2D eigenvalue weighted by Gasteiger charge is -2.21. The zero-order valence-corrected chi connectivity index (χ0v) is 17.8. The lowest BCUT2D eigenvalue weighted by Crippen LogP contribution is -2.41. The fourth-order valence-corrected chi connectivity index (χ4v) is 4.64. The molecule has 0 radical (unpaired) electrons. The maximum absolute atomic E-state index is 14.2. The largest absolute Gasteiger partial charge is 0.494 e. The molecule has 2 aromatic carbocycles. The fourth-order valence-electron chi connectivity index (χ4n) is 2.90. The van der Waals surface area contributed by atoms with Crippen LogP contribution in [0.3, 0.4) is 0 Å². The number of rotatable bonds is 9. The molecule has 0 spiro atoms. The van der Waals surface area contributed by atoms with Crippen LogP contribution >= 0.6 is 15.9 Å². The van der Waals surface area contributed by atoms with E-state index in [0.717, 1.165) is 12.1 Å². The van der Waals surface area contributed by atoms with Gasteiger partial charge < -0.3 is 15.2 Å². The van der Waals surface area contributed by atoms with E-state index in [-0.39, 0.29) is 35.8 Å². The first-order valence-corrected chi connectivity index (χ1v) is 11.0. The molecule has 1 aliphatic carbocycles. The second-order valence-electron chi connectivity index (χ2n) is 6.74. The predicted octanol–water partition coefficient (Wildman–Crippen LogP) is 3.64. The number of nitrogens with one attached hydrogen (secondary N) is 3. The Morgan fingerprint density at radius 1 is 1.21 bits per heavy atom. The minimum absolute atomic E-state index is 0.0215. The molecule has 11 heteroatoms. The smallest absolute Gasteiger partial charge is 0.299 e. The minimum Gasteiger partial charge on any atom is -0.494 e. The van der Waals surface area contributed by atoms with Gasteiger partial charge >= 0.3 is 0 Å². The molecular weight excluding hydrogens is 472 g/mol. The monoisotopic (exact) mass is 491 g/mol. The van der Waals surface area contributed by atoms with Crippen LogP contribution < -0.4 is 19.5 Å². The van der Waals surface area contributed by atoms with Crippen molar-refractivity contribution >= 4 is 43.2 Å². The zero-order valence-electron chi connectivity index (χ0n) is 15.4. The first-order valence-electron chi connectivity index (χ1n) is 8.69. The molecule has 0 bridgehead atoms. The van der Waals surface area contributed by atoms with Crippen molar-refractivity contribution in [2.75, 3.05) is 23.8 Å². The van der Waals surface area contributed by atoms with Crippen LogP contribution in [-0.2, 0) is 10.2 Å². The number of aliphatic hydroxyl groups is 1. The summed E-state index contributed by atoms with van der Waals surface area (Å²) in [6.45, 7) is -0.155. The van der Waals surface area contributed by atoms with Gasteiger partial charge in [0.1, 0.15) is 23.1 Å². The number of methoxy groups -OCH3 is 1. The molecule has 0 unspecified atom stereocenters. The zero-order chi connectivity index (χ0) is 21.2. The Morgan fingerprint density at radius 3 is 2.52 bits per heavy atom. The number of ether oxygens (including phenoxy) is 1. The van der Waals surface area contributed by atoms with Gasteiger partial charge in [-0.15, -0.1) is 0 Å². The van der Waals surface area contributed by atoms with E-state index < -0.39 is 27.4 Å². The third kappa shape index (κ3) is 5.35. The highest BCUT2D eigenvalue weighted by atomic mass is 79.9. The maximum Gasteiger partial charge on any atom is 0.299 e. The van der Waals surface area contributed by atoms with Gasteiger partial charge in [0.05, 0.1) is 18.5 Å². The molecule has 158 valence electrons. The highest BCUT2D eigenvalue weighted by molar-refractivity contribution is 9.10. The molecule has 0 aromatic heterocycles. The Hall–Kier alpha value is -1.95. The summed E-state index contributed by atoms with van der Waals surface area (Å²) in [5.41, 5.74) is -0.781. The van der Waals surface area contributed by atoms with Crippen molar-refractivity contribution in [3.63, 3.8) is 0 Å². The van der Waals surface area contributed by atoms with Crippen molar-refractivity contribution in [1.82, 2.24) is 4.72 Å². The van der Waals surface area contributed by atoms with Crippen LogP contribution in [0.5, 0.6) is 5.75 Å². The van der Waals surface area contributed by atoms with E-state index >= 15 is 0 Å². The van der Waals surface area contributed by atoms with E-state index in [1.54, 1.807) is 6.07 Å². The van der Waals surface area contributed by atoms with E-state index in [1.807, 2.05) is 0 Å². The fraction of sp³-hybridized carbons (Fsp3) is 0.333. The molecular formula is C18H20BrF2N3O4S. The van der Waals surface area contributed by atoms with Gasteiger partial charge in [-0.3, -0.25) is 4.72 Å². The molecule has 1 aliphatic rings. The minimum atomic E-state index is -4.08. The third-order valence-electron chi connectivity index (χ3n) is 4.52. The van der Waals surface area contributed by atoms with Crippen molar-refractivity contribution in [2.24, 2.45) is 0 Å². The van der Waals surface area contributed by atoms with Crippen LogP contribution in [0.25, 0.3) is 0 Å². The highest BCUT2D eigenvalue weighted by Crippen LogP contribution is 2.41. The number of halogens is 3. The normalized spacial score (nSPS) is 15.1. The molecule has 3 rings (SSSR count). The standard InChI is InChI=1S/C18H20BrF2N3O4S/c1-28-16-10-12(20)9-15(22-14-3-2-11(19)8-13(14)21)17(16)23-29(26,27)24-18(4-5-18)6-7-25/h2-3,8-10,22-25H,4-7H2,1H3. The highest BCUT2D eigenvalue weighted by Gasteiger charge is 2.45. The van der Waals surface area contributed by atoms with Crippen molar-refractivity contribution in [2.45, 2.75) is 24.8 Å². The summed E-state index contributed by atoms with van der Waals surface area (Å²) in [5.74, 6) is -1.39. The number of aliphatic hydroxyl groups excluding tert-OH is 1. The number of anilines is 3. The molecule has 0 amide bonds. The second-order valence-corrected chi connectivity index (χ2v) is 9.07. The van der Waals surface area contributed by atoms with Crippen LogP contribution in [0.2, 0.25) is 0 Å². The summed E-state index contributed by atoms with van der Waals surface area (Å²) < 4.78 is 64.0. The Morgan fingerprint density at radius 2 is 1.93 bits per heavy atom. The van der Waals surface area contributed by atoms with Crippen LogP contribution in [-0.4, -0.2) is 32.8 Å². The average molecular weight is 492 g/mol. The quantitative estimate of drug-likeness (QED) is 0.429. The Labute approximate surface area is 175 Å². The third-order valence-corrected chi connectivity index (χ3v) is 6.19. The summed E-state index contributed by atoms with van der Waals surface area (Å²) in [6, 6.07) is 6.27. The number of hydrogen-bond acceptors (Lipinski definition) is 5. The predicted molar refractivity (Wildman–Crippen MR) is 110 cm³/mol. The van der Waals surface area contributed by atoms with Crippen LogP contribution in [0.1, 0.15) is 19.3 Å². The van der Waals surface area contributed by atoms with Gasteiger partial charge in [0, 0.05) is 22.7 Å². The van der Waals surface area contributed by atoms with Crippen LogP contribution in [0.15, 0.2) is 34.8 Å². The van der Waals surface area contributed by atoms with E-state index in [0.29, 0.717) is 17.3 Å². The molecule has 2 aromatic rings. The summed E-state index contributed by atoms with van der Waals surface area (Å²) in [4.78, 5) is 0. The van der Waals surface area contributed by atoms with Gasteiger partial charge in [-0.1, -0.05) is 15.9 Å². The van der Waals surface area contributed by atoms with E-state index in [9.17, 15) is 17.2 Å². The Bertz CT molecular complexity index is 1020. The van der Waals surface area contributed by atoms with Gasteiger partial charge in [0.15, 0.2) is 0 Å². The molecule has 7 nitrogen and oxygen atoms in total. The lowest BCUT2D eigenvalue weighted by atomic mass is 10.2. The summed E-state index contributed by atoms with van der Waals surface area (Å²) >= 11 is 3.15. The van der Waals surface area contributed by atoms with Crippen molar-refractivity contribution < 1.29 is 27.0 Å². The molecule has 0 aliphatic heterocycles. The van der Waals surface area contributed by atoms with Gasteiger partial charge in [-0.25, -0.2) is 8.78 Å². The molecule has 29 heavy (non-hydrogen) atoms. The van der Waals surface area contributed by atoms with Crippen molar-refractivity contribution in [1.29, 1.82) is 0 Å². The first kappa shape index (κ1) is 21.8. The van der Waals surface area contributed by atoms with Crippen LogP contribution in [0, 0.1) is 11.6 Å². The molecule has 0 saturated heterocycles. The summed E-state index contributed by atoms with van der Waals surface area (Å²) in [6.07, 6.45) is 1.48. The summed E-state index contributed by atoms with van der Waals surface area (Å²) in [5, 5.41) is 11.8. The van der Waals surface area contributed by atoms with Crippen molar-refractivity contribution in [3.05, 3.63) is 46.4 Å². The second kappa shape index (κ2) is 8.42. The van der Waals surface area contributed by atoms with Crippen LogP contribution in [0.4, 0.5) is 25.8 Å². The number of benzene rings is 2. The van der Waals surface area contributed by atoms with E-state index in [4.69, 9.17) is 9.84 Å². The Balaban J connectivity index is 1.94. The van der Waals surface area contributed by atoms with E-state index in [1.165, 1.54) is 19.2 Å². The molecule has 4 N–H and O–H groups in total. The molecule has 1 fully saturated rings. The molecule has 0 atom stereocenters. The first-order chi connectivity index (χ1) is 13.7. The number of hydrogen-bond donors (Lipinski definition) is 4. The van der Waals surface area contributed by atoms with E-state index in [2.05, 4.69) is 30.7 Å². The van der Waals surface area contributed by atoms with Gasteiger partial charge in [0.2, 0.25) is 0 Å². The lowest BCUT2D eigenvalue weighted by molar-refractivity contribution is 0.267. The maximum atomic E-state index is 14.2. The van der Waals surface area contributed by atoms with Gasteiger partial charge in [-0.05, 0) is 43.5 Å². The average Bonchev–Trinajstić information content (AvgIpc) is 3.37. The van der Waals surface area contributed by atoms with Gasteiger partial charge in [0.25, 0.3) is 10.2 Å². The summed E-state index contributed by atoms with van der Waals surface area (Å²) in [7, 11) is -2.82. The molecule has 1 saturated carbocycles. The Kier molecular flexibility index (Phi) is 6.32. The molecule has 0 heterocycles. The SMILES string of the molecule is COc1cc(F)cc(Nc2ccc(Br)cc2F)c1NS(=O)(=O)NC1(CCO)CC1.